The minimum Gasteiger partial charge on any atom is -0.490 e. The first-order valence-electron chi connectivity index (χ1n) is 8.56. The SMILES string of the molecule is C/C=C(\C=N/NC=O)c1cc(OCCOCCCCN)c2cn[nH]c2c1. The van der Waals surface area contributed by atoms with Crippen molar-refractivity contribution in [3.63, 3.8) is 0 Å². The van der Waals surface area contributed by atoms with Crippen LogP contribution in [0.5, 0.6) is 5.75 Å². The van der Waals surface area contributed by atoms with E-state index in [-0.39, 0.29) is 0 Å². The predicted molar refractivity (Wildman–Crippen MR) is 102 cm³/mol. The fourth-order valence-corrected chi connectivity index (χ4v) is 2.42. The summed E-state index contributed by atoms with van der Waals surface area (Å²) in [6, 6.07) is 3.88. The zero-order valence-corrected chi connectivity index (χ0v) is 14.9. The number of hydrogen-bond acceptors (Lipinski definition) is 6. The van der Waals surface area contributed by atoms with Crippen LogP contribution < -0.4 is 15.9 Å². The van der Waals surface area contributed by atoms with E-state index < -0.39 is 0 Å². The first-order chi connectivity index (χ1) is 12.8. The number of allylic oxidation sites excluding steroid dienone is 2. The number of unbranched alkanes of at least 4 members (excludes halogenated alkanes) is 1. The van der Waals surface area contributed by atoms with Crippen LogP contribution in [0, 0.1) is 0 Å². The van der Waals surface area contributed by atoms with Crippen LogP contribution in [-0.2, 0) is 9.53 Å². The van der Waals surface area contributed by atoms with E-state index in [9.17, 15) is 4.79 Å². The lowest BCUT2D eigenvalue weighted by atomic mass is 10.0. The zero-order valence-electron chi connectivity index (χ0n) is 14.9. The highest BCUT2D eigenvalue weighted by atomic mass is 16.5. The molecular weight excluding hydrogens is 334 g/mol. The molecule has 140 valence electrons. The van der Waals surface area contributed by atoms with Gasteiger partial charge in [0.2, 0.25) is 6.41 Å². The molecule has 0 bridgehead atoms. The molecule has 0 aliphatic carbocycles. The molecule has 8 nitrogen and oxygen atoms in total. The van der Waals surface area contributed by atoms with Crippen LogP contribution in [0.25, 0.3) is 16.5 Å². The summed E-state index contributed by atoms with van der Waals surface area (Å²) in [4.78, 5) is 10.3. The van der Waals surface area contributed by atoms with Gasteiger partial charge in [-0.3, -0.25) is 9.89 Å². The smallest absolute Gasteiger partial charge is 0.227 e. The Morgan fingerprint density at radius 2 is 2.23 bits per heavy atom. The number of aromatic nitrogens is 2. The number of nitrogens with zero attached hydrogens (tertiary/aromatic N) is 2. The summed E-state index contributed by atoms with van der Waals surface area (Å²) in [5.41, 5.74) is 10.3. The van der Waals surface area contributed by atoms with Crippen LogP contribution in [0.2, 0.25) is 0 Å². The summed E-state index contributed by atoms with van der Waals surface area (Å²) < 4.78 is 11.4. The molecule has 1 amide bonds. The second kappa shape index (κ2) is 11.0. The van der Waals surface area contributed by atoms with Crippen LogP contribution >= 0.6 is 0 Å². The Morgan fingerprint density at radius 3 is 3.00 bits per heavy atom. The third-order valence-corrected chi connectivity index (χ3v) is 3.72. The largest absolute Gasteiger partial charge is 0.490 e. The van der Waals surface area contributed by atoms with Crippen LogP contribution in [0.4, 0.5) is 0 Å². The van der Waals surface area contributed by atoms with Gasteiger partial charge >= 0.3 is 0 Å². The lowest BCUT2D eigenvalue weighted by Gasteiger charge is -2.10. The number of carbonyl (C=O) groups is 1. The molecule has 0 radical (unpaired) electrons. The second-order valence-electron chi connectivity index (χ2n) is 5.51. The molecule has 26 heavy (non-hydrogen) atoms. The number of H-pyrrole nitrogens is 1. The van der Waals surface area contributed by atoms with Crippen LogP contribution in [0.15, 0.2) is 29.5 Å². The fourth-order valence-electron chi connectivity index (χ4n) is 2.42. The van der Waals surface area contributed by atoms with Gasteiger partial charge < -0.3 is 15.2 Å². The Kier molecular flexibility index (Phi) is 8.31. The minimum absolute atomic E-state index is 0.443. The molecule has 0 unspecified atom stereocenters. The van der Waals surface area contributed by atoms with E-state index in [1.54, 1.807) is 12.4 Å². The monoisotopic (exact) mass is 359 g/mol. The maximum absolute atomic E-state index is 10.3. The van der Waals surface area contributed by atoms with Crippen molar-refractivity contribution in [1.29, 1.82) is 0 Å². The van der Waals surface area contributed by atoms with Gasteiger partial charge in [0, 0.05) is 6.61 Å². The average Bonchev–Trinajstić information content (AvgIpc) is 3.13. The Hall–Kier alpha value is -2.71. The van der Waals surface area contributed by atoms with E-state index in [2.05, 4.69) is 20.7 Å². The number of carbonyl (C=O) groups excluding carboxylic acids is 1. The van der Waals surface area contributed by atoms with Crippen molar-refractivity contribution in [1.82, 2.24) is 15.6 Å². The quantitative estimate of drug-likeness (QED) is 0.231. The molecule has 0 fully saturated rings. The number of aromatic amines is 1. The van der Waals surface area contributed by atoms with Crippen molar-refractivity contribution in [2.45, 2.75) is 19.8 Å². The highest BCUT2D eigenvalue weighted by molar-refractivity contribution is 6.11. The average molecular weight is 359 g/mol. The normalized spacial score (nSPS) is 12.0. The molecule has 0 saturated carbocycles. The number of fused-ring (bicyclic) bond motifs is 1. The highest BCUT2D eigenvalue weighted by Crippen LogP contribution is 2.29. The number of hydrogen-bond donors (Lipinski definition) is 3. The van der Waals surface area contributed by atoms with Crippen molar-refractivity contribution in [2.75, 3.05) is 26.4 Å². The Morgan fingerprint density at radius 1 is 1.35 bits per heavy atom. The third-order valence-electron chi connectivity index (χ3n) is 3.72. The van der Waals surface area contributed by atoms with Crippen LogP contribution in [0.3, 0.4) is 0 Å². The molecule has 1 aromatic heterocycles. The Bertz CT molecular complexity index is 754. The molecule has 0 spiro atoms. The summed E-state index contributed by atoms with van der Waals surface area (Å²) in [5, 5.41) is 11.8. The number of benzene rings is 1. The van der Waals surface area contributed by atoms with Crippen molar-refractivity contribution in [3.05, 3.63) is 30.0 Å². The molecule has 0 aliphatic heterocycles. The Balaban J connectivity index is 2.06. The predicted octanol–water partition coefficient (Wildman–Crippen LogP) is 1.83. The van der Waals surface area contributed by atoms with E-state index >= 15 is 0 Å². The molecule has 8 heteroatoms. The highest BCUT2D eigenvalue weighted by Gasteiger charge is 2.09. The number of amides is 1. The van der Waals surface area contributed by atoms with E-state index in [0.717, 1.165) is 34.9 Å². The molecule has 0 atom stereocenters. The van der Waals surface area contributed by atoms with Gasteiger partial charge in [-0.2, -0.15) is 10.2 Å². The maximum Gasteiger partial charge on any atom is 0.227 e. The molecule has 4 N–H and O–H groups in total. The number of rotatable bonds is 12. The first-order valence-corrected chi connectivity index (χ1v) is 8.56. The first kappa shape index (κ1) is 19.6. The van der Waals surface area contributed by atoms with Gasteiger partial charge in [0.05, 0.1) is 29.9 Å². The topological polar surface area (TPSA) is 115 Å². The lowest BCUT2D eigenvalue weighted by molar-refractivity contribution is -0.109. The van der Waals surface area contributed by atoms with Crippen molar-refractivity contribution < 1.29 is 14.3 Å². The molecule has 1 heterocycles. The van der Waals surface area contributed by atoms with Gasteiger partial charge in [-0.1, -0.05) is 6.08 Å². The standard InChI is InChI=1S/C18H25N5O3/c1-2-14(11-20-22-13-24)15-9-17-16(12-21-23-17)18(10-15)26-8-7-25-6-4-3-5-19/h2,9-13H,3-8,19H2,1H3,(H,21,23)(H,22,24)/b14-2+,20-11-. The Labute approximate surface area is 152 Å². The van der Waals surface area contributed by atoms with Gasteiger partial charge in [0.1, 0.15) is 12.4 Å². The van der Waals surface area contributed by atoms with Gasteiger partial charge in [0.25, 0.3) is 0 Å². The van der Waals surface area contributed by atoms with Gasteiger partial charge in [-0.05, 0) is 49.6 Å². The second-order valence-corrected chi connectivity index (χ2v) is 5.51. The van der Waals surface area contributed by atoms with Gasteiger partial charge in [-0.15, -0.1) is 0 Å². The van der Waals surface area contributed by atoms with Crippen molar-refractivity contribution in [2.24, 2.45) is 10.8 Å². The molecule has 2 aromatic rings. The number of ether oxygens (including phenoxy) is 2. The van der Waals surface area contributed by atoms with E-state index in [1.165, 1.54) is 0 Å². The van der Waals surface area contributed by atoms with Gasteiger partial charge in [-0.25, -0.2) is 5.43 Å². The fraction of sp³-hybridized carbons (Fsp3) is 0.389. The summed E-state index contributed by atoms with van der Waals surface area (Å²) >= 11 is 0. The van der Waals surface area contributed by atoms with Crippen LogP contribution in [0.1, 0.15) is 25.3 Å². The molecule has 0 saturated heterocycles. The zero-order chi connectivity index (χ0) is 18.6. The summed E-state index contributed by atoms with van der Waals surface area (Å²) in [6.07, 6.45) is 7.65. The molecule has 0 aliphatic rings. The number of nitrogens with two attached hydrogens (primary N) is 1. The maximum atomic E-state index is 10.3. The van der Waals surface area contributed by atoms with Gasteiger partial charge in [0.15, 0.2) is 0 Å². The van der Waals surface area contributed by atoms with Crippen LogP contribution in [-0.4, -0.2) is 49.2 Å². The summed E-state index contributed by atoms with van der Waals surface area (Å²) in [5.74, 6) is 0.716. The number of hydrazone groups is 1. The minimum atomic E-state index is 0.443. The molecular formula is C18H25N5O3. The summed E-state index contributed by atoms with van der Waals surface area (Å²) in [7, 11) is 0. The summed E-state index contributed by atoms with van der Waals surface area (Å²) in [6.45, 7) is 4.22. The lowest BCUT2D eigenvalue weighted by Crippen LogP contribution is -2.09. The number of nitrogens with one attached hydrogen (secondary N) is 2. The van der Waals surface area contributed by atoms with E-state index in [1.807, 2.05) is 25.1 Å². The molecule has 2 rings (SSSR count). The van der Waals surface area contributed by atoms with Crippen molar-refractivity contribution in [3.8, 4) is 5.75 Å². The molecule has 1 aromatic carbocycles. The van der Waals surface area contributed by atoms with E-state index in [0.29, 0.717) is 38.5 Å². The van der Waals surface area contributed by atoms with E-state index in [4.69, 9.17) is 15.2 Å². The third kappa shape index (κ3) is 5.68. The van der Waals surface area contributed by atoms with Crippen molar-refractivity contribution >= 4 is 29.1 Å².